The number of hydrogen-bond acceptors (Lipinski definition) is 2. The Labute approximate surface area is 150 Å². The Morgan fingerprint density at radius 3 is 1.75 bits per heavy atom. The van der Waals surface area contributed by atoms with Crippen LogP contribution in [0.2, 0.25) is 0 Å². The van der Waals surface area contributed by atoms with Crippen molar-refractivity contribution in [3.05, 3.63) is 12.2 Å². The average Bonchev–Trinajstić information content (AvgIpc) is 2.57. The second-order valence-electron chi connectivity index (χ2n) is 7.00. The molecule has 1 unspecified atom stereocenters. The summed E-state index contributed by atoms with van der Waals surface area (Å²) in [6.07, 6.45) is 23.4. The topological polar surface area (TPSA) is 63.3 Å². The fourth-order valence-electron chi connectivity index (χ4n) is 2.98. The molecule has 0 aliphatic carbocycles. The number of aliphatic carboxylic acids is 1. The van der Waals surface area contributed by atoms with E-state index in [2.05, 4.69) is 19.1 Å². The highest BCUT2D eigenvalue weighted by Gasteiger charge is 2.13. The molecule has 0 rings (SSSR count). The van der Waals surface area contributed by atoms with E-state index in [-0.39, 0.29) is 12.5 Å². The molecule has 0 aromatic rings. The number of hydrogen-bond donors (Lipinski definition) is 2. The van der Waals surface area contributed by atoms with Crippen LogP contribution in [-0.2, 0) is 4.79 Å². The van der Waals surface area contributed by atoms with Gasteiger partial charge >= 0.3 is 5.97 Å². The maximum Gasteiger partial charge on any atom is 0.307 e. The van der Waals surface area contributed by atoms with Crippen LogP contribution >= 0.6 is 0 Å². The Bertz CT molecular complexity index is 302. The van der Waals surface area contributed by atoms with Gasteiger partial charge in [-0.05, 0) is 32.1 Å². The zero-order valence-electron chi connectivity index (χ0n) is 16.0. The van der Waals surface area contributed by atoms with Crippen LogP contribution in [0.25, 0.3) is 0 Å². The molecule has 24 heavy (non-hydrogen) atoms. The maximum absolute atomic E-state index is 10.8. The second-order valence-corrected chi connectivity index (χ2v) is 7.00. The summed E-state index contributed by atoms with van der Waals surface area (Å²) in [6, 6.07) is 0. The van der Waals surface area contributed by atoms with Gasteiger partial charge in [0.1, 0.15) is 0 Å². The molecule has 0 heterocycles. The molecule has 0 saturated carbocycles. The van der Waals surface area contributed by atoms with Crippen molar-refractivity contribution in [1.29, 1.82) is 0 Å². The molecule has 0 aromatic carbocycles. The first-order chi connectivity index (χ1) is 11.7. The summed E-state index contributed by atoms with van der Waals surface area (Å²) in [4.78, 5) is 10.8. The molecule has 0 fully saturated rings. The van der Waals surface area contributed by atoms with E-state index in [0.717, 1.165) is 19.3 Å². The van der Waals surface area contributed by atoms with Gasteiger partial charge in [-0.2, -0.15) is 0 Å². The summed E-state index contributed by atoms with van der Waals surface area (Å²) >= 11 is 0. The van der Waals surface area contributed by atoms with E-state index in [9.17, 15) is 4.79 Å². The van der Waals surface area contributed by atoms with Gasteiger partial charge in [-0.25, -0.2) is 0 Å². The lowest BCUT2D eigenvalue weighted by molar-refractivity contribution is -0.141. The van der Waals surface area contributed by atoms with E-state index in [1.165, 1.54) is 77.0 Å². The van der Waals surface area contributed by atoms with Crippen LogP contribution < -0.4 is 5.73 Å². The van der Waals surface area contributed by atoms with Crippen molar-refractivity contribution in [3.8, 4) is 0 Å². The Morgan fingerprint density at radius 2 is 1.29 bits per heavy atom. The summed E-state index contributed by atoms with van der Waals surface area (Å²) < 4.78 is 0. The highest BCUT2D eigenvalue weighted by Crippen LogP contribution is 2.13. The predicted molar refractivity (Wildman–Crippen MR) is 104 cm³/mol. The number of carboxylic acids is 1. The third kappa shape index (κ3) is 16.0. The van der Waals surface area contributed by atoms with Crippen LogP contribution in [0.5, 0.6) is 0 Å². The lowest BCUT2D eigenvalue weighted by Crippen LogP contribution is -2.23. The summed E-state index contributed by atoms with van der Waals surface area (Å²) in [7, 11) is 0. The van der Waals surface area contributed by atoms with Crippen LogP contribution in [0.1, 0.15) is 103 Å². The van der Waals surface area contributed by atoms with Crippen molar-refractivity contribution >= 4 is 5.97 Å². The highest BCUT2D eigenvalue weighted by molar-refractivity contribution is 5.70. The smallest absolute Gasteiger partial charge is 0.307 e. The molecule has 1 atom stereocenters. The molecule has 0 saturated heterocycles. The van der Waals surface area contributed by atoms with Crippen LogP contribution in [-0.4, -0.2) is 17.6 Å². The minimum atomic E-state index is -0.745. The zero-order chi connectivity index (χ0) is 17.9. The average molecular weight is 340 g/mol. The summed E-state index contributed by atoms with van der Waals surface area (Å²) in [5, 5.41) is 8.91. The Balaban J connectivity index is 3.22. The summed E-state index contributed by atoms with van der Waals surface area (Å²) in [5.74, 6) is -1.09. The van der Waals surface area contributed by atoms with Crippen LogP contribution in [0.3, 0.4) is 0 Å². The molecule has 0 spiro atoms. The summed E-state index contributed by atoms with van der Waals surface area (Å²) in [5.41, 5.74) is 5.45. The number of nitrogens with two attached hydrogens (primary N) is 1. The molecule has 0 amide bonds. The minimum absolute atomic E-state index is 0.264. The molecule has 0 aromatic heterocycles. The molecule has 0 bridgehead atoms. The summed E-state index contributed by atoms with van der Waals surface area (Å²) in [6.45, 7) is 2.53. The van der Waals surface area contributed by atoms with Crippen molar-refractivity contribution in [2.24, 2.45) is 11.7 Å². The second kappa shape index (κ2) is 18.5. The fourth-order valence-corrected chi connectivity index (χ4v) is 2.98. The number of rotatable bonds is 18. The van der Waals surface area contributed by atoms with Gasteiger partial charge in [0.05, 0.1) is 5.92 Å². The Hall–Kier alpha value is -0.830. The van der Waals surface area contributed by atoms with Gasteiger partial charge < -0.3 is 10.8 Å². The molecule has 0 aliphatic rings. The van der Waals surface area contributed by atoms with Gasteiger partial charge in [0, 0.05) is 6.54 Å². The van der Waals surface area contributed by atoms with Gasteiger partial charge in [-0.1, -0.05) is 83.3 Å². The van der Waals surface area contributed by atoms with Crippen molar-refractivity contribution in [2.45, 2.75) is 103 Å². The highest BCUT2D eigenvalue weighted by atomic mass is 16.4. The van der Waals surface area contributed by atoms with E-state index < -0.39 is 5.97 Å². The van der Waals surface area contributed by atoms with E-state index in [1.807, 2.05) is 0 Å². The van der Waals surface area contributed by atoms with Gasteiger partial charge in [0.25, 0.3) is 0 Å². The molecular formula is C21H41NO2. The lowest BCUT2D eigenvalue weighted by Gasteiger charge is -2.08. The first-order valence-electron chi connectivity index (χ1n) is 10.3. The molecule has 3 nitrogen and oxygen atoms in total. The maximum atomic E-state index is 10.8. The molecule has 142 valence electrons. The van der Waals surface area contributed by atoms with Gasteiger partial charge in [-0.3, -0.25) is 4.79 Å². The Morgan fingerprint density at radius 1 is 0.833 bits per heavy atom. The molecule has 0 radical (unpaired) electrons. The van der Waals surface area contributed by atoms with Crippen LogP contribution in [0.4, 0.5) is 0 Å². The van der Waals surface area contributed by atoms with Crippen molar-refractivity contribution < 1.29 is 9.90 Å². The number of allylic oxidation sites excluding steroid dienone is 2. The van der Waals surface area contributed by atoms with Gasteiger partial charge in [-0.15, -0.1) is 0 Å². The van der Waals surface area contributed by atoms with E-state index in [1.54, 1.807) is 0 Å². The largest absolute Gasteiger partial charge is 0.481 e. The van der Waals surface area contributed by atoms with E-state index >= 15 is 0 Å². The quantitative estimate of drug-likeness (QED) is 0.235. The third-order valence-electron chi connectivity index (χ3n) is 4.70. The lowest BCUT2D eigenvalue weighted by atomic mass is 10.0. The van der Waals surface area contributed by atoms with E-state index in [0.29, 0.717) is 0 Å². The molecule has 3 N–H and O–H groups in total. The van der Waals surface area contributed by atoms with Crippen LogP contribution in [0.15, 0.2) is 12.2 Å². The normalized spacial score (nSPS) is 12.8. The predicted octanol–water partition coefficient (Wildman–Crippen LogP) is 6.07. The van der Waals surface area contributed by atoms with Crippen LogP contribution in [0, 0.1) is 5.92 Å². The van der Waals surface area contributed by atoms with Crippen molar-refractivity contribution in [2.75, 3.05) is 6.54 Å². The Kier molecular flexibility index (Phi) is 17.9. The SMILES string of the molecule is CCCCCCCC/C=C\CCCCCCCCC(CN)C(=O)O. The van der Waals surface area contributed by atoms with Crippen molar-refractivity contribution in [1.82, 2.24) is 0 Å². The molecule has 3 heteroatoms. The van der Waals surface area contributed by atoms with Crippen molar-refractivity contribution in [3.63, 3.8) is 0 Å². The number of carboxylic acid groups (broad SMARTS) is 1. The zero-order valence-corrected chi connectivity index (χ0v) is 16.0. The van der Waals surface area contributed by atoms with E-state index in [4.69, 9.17) is 10.8 Å². The third-order valence-corrected chi connectivity index (χ3v) is 4.70. The fraction of sp³-hybridized carbons (Fsp3) is 0.857. The minimum Gasteiger partial charge on any atom is -0.481 e. The first-order valence-corrected chi connectivity index (χ1v) is 10.3. The molecular weight excluding hydrogens is 298 g/mol. The standard InChI is InChI=1S/C21H41NO2/c1-2-3-4-5-6-7-8-9-10-11-12-13-14-15-16-17-18-20(19-22)21(23)24/h9-10,20H,2-8,11-19,22H2,1H3,(H,23,24)/b10-9-. The monoisotopic (exact) mass is 339 g/mol. The first kappa shape index (κ1) is 23.2. The number of unbranched alkanes of at least 4 members (excludes halogenated alkanes) is 12. The van der Waals surface area contributed by atoms with Gasteiger partial charge in [0.15, 0.2) is 0 Å². The molecule has 0 aliphatic heterocycles. The number of carbonyl (C=O) groups is 1. The van der Waals surface area contributed by atoms with Gasteiger partial charge in [0.2, 0.25) is 0 Å².